The number of urea groups is 2. The van der Waals surface area contributed by atoms with Gasteiger partial charge in [0.1, 0.15) is 6.04 Å². The molecule has 0 aliphatic carbocycles. The van der Waals surface area contributed by atoms with E-state index in [-0.39, 0.29) is 5.91 Å². The summed E-state index contributed by atoms with van der Waals surface area (Å²) in [6, 6.07) is -1.55. The number of hydrogen-bond acceptors (Lipinski definition) is 3. The summed E-state index contributed by atoms with van der Waals surface area (Å²) in [7, 11) is 0. The number of imide groups is 1. The number of carbonyl (C=O) groups is 3. The molecule has 0 radical (unpaired) electrons. The predicted octanol–water partition coefficient (Wildman–Crippen LogP) is -1.36. The number of nitrogens with one attached hydrogen (secondary N) is 3. The zero-order valence-corrected chi connectivity index (χ0v) is 7.50. The van der Waals surface area contributed by atoms with E-state index in [4.69, 9.17) is 5.73 Å². The maximum Gasteiger partial charge on any atom is 0.322 e. The second-order valence-corrected chi connectivity index (χ2v) is 2.95. The molecule has 7 heteroatoms. The number of primary amides is 1. The molecule has 0 aromatic heterocycles. The zero-order valence-electron chi connectivity index (χ0n) is 7.50. The summed E-state index contributed by atoms with van der Waals surface area (Å²) in [5.74, 6) is -0.325. The Morgan fingerprint density at radius 1 is 1.50 bits per heavy atom. The van der Waals surface area contributed by atoms with Gasteiger partial charge in [0.15, 0.2) is 0 Å². The van der Waals surface area contributed by atoms with Gasteiger partial charge < -0.3 is 16.4 Å². The number of rotatable bonds is 4. The molecule has 0 aromatic rings. The van der Waals surface area contributed by atoms with Crippen LogP contribution in [0.1, 0.15) is 12.8 Å². The topological polar surface area (TPSA) is 113 Å². The molecule has 1 atom stereocenters. The van der Waals surface area contributed by atoms with Crippen LogP contribution in [-0.2, 0) is 4.79 Å². The molecule has 5 amide bonds. The van der Waals surface area contributed by atoms with Crippen LogP contribution >= 0.6 is 0 Å². The first-order valence-corrected chi connectivity index (χ1v) is 4.24. The molecule has 1 fully saturated rings. The fraction of sp³-hybridized carbons (Fsp3) is 0.571. The van der Waals surface area contributed by atoms with Gasteiger partial charge in [-0.3, -0.25) is 10.1 Å². The fourth-order valence-corrected chi connectivity index (χ4v) is 1.18. The standard InChI is InChI=1S/C7H12N4O3/c8-6(13)9-3-1-2-4-5(12)11-7(14)10-4/h4H,1-3H2,(H3,8,9,13)(H2,10,11,12,14). The maximum atomic E-state index is 11.0. The Morgan fingerprint density at radius 3 is 2.71 bits per heavy atom. The average molecular weight is 200 g/mol. The van der Waals surface area contributed by atoms with Crippen LogP contribution in [-0.4, -0.2) is 30.6 Å². The first-order valence-electron chi connectivity index (χ1n) is 4.24. The molecular weight excluding hydrogens is 188 g/mol. The molecule has 1 unspecified atom stereocenters. The van der Waals surface area contributed by atoms with Crippen molar-refractivity contribution in [3.63, 3.8) is 0 Å². The monoisotopic (exact) mass is 200 g/mol. The van der Waals surface area contributed by atoms with E-state index in [2.05, 4.69) is 16.0 Å². The molecule has 78 valence electrons. The normalized spacial score (nSPS) is 20.1. The van der Waals surface area contributed by atoms with Crippen LogP contribution in [0.4, 0.5) is 9.59 Å². The molecule has 1 aliphatic rings. The van der Waals surface area contributed by atoms with Crippen LogP contribution in [0.3, 0.4) is 0 Å². The first kappa shape index (κ1) is 10.3. The Hall–Kier alpha value is -1.79. The third kappa shape index (κ3) is 2.92. The van der Waals surface area contributed by atoms with Gasteiger partial charge in [-0.25, -0.2) is 9.59 Å². The summed E-state index contributed by atoms with van der Waals surface area (Å²) >= 11 is 0. The molecule has 14 heavy (non-hydrogen) atoms. The van der Waals surface area contributed by atoms with Crippen LogP contribution in [0.25, 0.3) is 0 Å². The summed E-state index contributed by atoms with van der Waals surface area (Å²) in [5, 5.41) is 6.95. The molecule has 0 aromatic carbocycles. The van der Waals surface area contributed by atoms with E-state index >= 15 is 0 Å². The van der Waals surface area contributed by atoms with Crippen molar-refractivity contribution in [3.05, 3.63) is 0 Å². The van der Waals surface area contributed by atoms with Crippen LogP contribution in [0.5, 0.6) is 0 Å². The Labute approximate surface area is 80.4 Å². The second kappa shape index (κ2) is 4.45. The zero-order chi connectivity index (χ0) is 10.6. The lowest BCUT2D eigenvalue weighted by atomic mass is 10.1. The molecule has 1 heterocycles. The van der Waals surface area contributed by atoms with Gasteiger partial charge in [0.2, 0.25) is 0 Å². The van der Waals surface area contributed by atoms with Gasteiger partial charge in [-0.05, 0) is 12.8 Å². The predicted molar refractivity (Wildman–Crippen MR) is 47.3 cm³/mol. The van der Waals surface area contributed by atoms with Gasteiger partial charge in [-0.1, -0.05) is 0 Å². The molecule has 5 N–H and O–H groups in total. The van der Waals surface area contributed by atoms with Gasteiger partial charge in [-0.15, -0.1) is 0 Å². The van der Waals surface area contributed by atoms with E-state index in [9.17, 15) is 14.4 Å². The van der Waals surface area contributed by atoms with Crippen LogP contribution in [0.15, 0.2) is 0 Å². The van der Waals surface area contributed by atoms with Crippen LogP contribution in [0, 0.1) is 0 Å². The minimum atomic E-state index is -0.593. The summed E-state index contributed by atoms with van der Waals surface area (Å²) in [4.78, 5) is 32.0. The highest BCUT2D eigenvalue weighted by molar-refractivity contribution is 6.04. The third-order valence-corrected chi connectivity index (χ3v) is 1.83. The molecule has 0 saturated carbocycles. The fourth-order valence-electron chi connectivity index (χ4n) is 1.18. The van der Waals surface area contributed by atoms with E-state index in [1.54, 1.807) is 0 Å². The lowest BCUT2D eigenvalue weighted by molar-refractivity contribution is -0.120. The number of amides is 5. The maximum absolute atomic E-state index is 11.0. The highest BCUT2D eigenvalue weighted by atomic mass is 16.2. The minimum absolute atomic E-state index is 0.325. The lowest BCUT2D eigenvalue weighted by Gasteiger charge is -2.06. The van der Waals surface area contributed by atoms with Crippen molar-refractivity contribution in [2.24, 2.45) is 5.73 Å². The van der Waals surface area contributed by atoms with E-state index < -0.39 is 18.1 Å². The third-order valence-electron chi connectivity index (χ3n) is 1.83. The van der Waals surface area contributed by atoms with Gasteiger partial charge in [0.05, 0.1) is 0 Å². The Balaban J connectivity index is 2.16. The SMILES string of the molecule is NC(=O)NCCCC1NC(=O)NC1=O. The van der Waals surface area contributed by atoms with Gasteiger partial charge in [0.25, 0.3) is 5.91 Å². The van der Waals surface area contributed by atoms with Gasteiger partial charge in [-0.2, -0.15) is 0 Å². The number of hydrogen-bond donors (Lipinski definition) is 4. The largest absolute Gasteiger partial charge is 0.352 e. The van der Waals surface area contributed by atoms with E-state index in [0.29, 0.717) is 19.4 Å². The molecule has 7 nitrogen and oxygen atoms in total. The van der Waals surface area contributed by atoms with Crippen molar-refractivity contribution in [2.45, 2.75) is 18.9 Å². The van der Waals surface area contributed by atoms with Gasteiger partial charge >= 0.3 is 12.1 Å². The Morgan fingerprint density at radius 2 is 2.21 bits per heavy atom. The molecule has 0 spiro atoms. The summed E-state index contributed by atoms with van der Waals surface area (Å²) in [6.45, 7) is 0.398. The Kier molecular flexibility index (Phi) is 3.27. The highest BCUT2D eigenvalue weighted by Crippen LogP contribution is 2.01. The van der Waals surface area contributed by atoms with Crippen LogP contribution in [0.2, 0.25) is 0 Å². The quantitative estimate of drug-likeness (QED) is 0.332. The molecular formula is C7H12N4O3. The molecule has 1 aliphatic heterocycles. The van der Waals surface area contributed by atoms with Crippen molar-refractivity contribution in [3.8, 4) is 0 Å². The average Bonchev–Trinajstić information content (AvgIpc) is 2.39. The van der Waals surface area contributed by atoms with Crippen molar-refractivity contribution >= 4 is 18.0 Å². The van der Waals surface area contributed by atoms with Crippen molar-refractivity contribution in [1.82, 2.24) is 16.0 Å². The summed E-state index contributed by atoms with van der Waals surface area (Å²) in [6.07, 6.45) is 1.07. The summed E-state index contributed by atoms with van der Waals surface area (Å²) < 4.78 is 0. The smallest absolute Gasteiger partial charge is 0.322 e. The van der Waals surface area contributed by atoms with E-state index in [0.717, 1.165) is 0 Å². The molecule has 1 saturated heterocycles. The lowest BCUT2D eigenvalue weighted by Crippen LogP contribution is -2.33. The van der Waals surface area contributed by atoms with Crippen molar-refractivity contribution in [1.29, 1.82) is 0 Å². The van der Waals surface area contributed by atoms with E-state index in [1.165, 1.54) is 0 Å². The van der Waals surface area contributed by atoms with Gasteiger partial charge in [0, 0.05) is 6.54 Å². The Bertz CT molecular complexity index is 266. The number of nitrogens with two attached hydrogens (primary N) is 1. The molecule has 0 bridgehead atoms. The molecule has 1 rings (SSSR count). The van der Waals surface area contributed by atoms with E-state index in [1.807, 2.05) is 0 Å². The number of carbonyl (C=O) groups excluding carboxylic acids is 3. The minimum Gasteiger partial charge on any atom is -0.352 e. The van der Waals surface area contributed by atoms with Crippen molar-refractivity contribution < 1.29 is 14.4 Å². The van der Waals surface area contributed by atoms with Crippen molar-refractivity contribution in [2.75, 3.05) is 6.54 Å². The summed E-state index contributed by atoms with van der Waals surface area (Å²) in [5.41, 5.74) is 4.84. The second-order valence-electron chi connectivity index (χ2n) is 2.95. The first-order chi connectivity index (χ1) is 6.59. The van der Waals surface area contributed by atoms with Crippen LogP contribution < -0.4 is 21.7 Å². The highest BCUT2D eigenvalue weighted by Gasteiger charge is 2.28.